The van der Waals surface area contributed by atoms with Crippen LogP contribution in [0.3, 0.4) is 0 Å². The Balaban J connectivity index is 2.20. The lowest BCUT2D eigenvalue weighted by Gasteiger charge is -2.30. The summed E-state index contributed by atoms with van der Waals surface area (Å²) in [6.45, 7) is 4.89. The third kappa shape index (κ3) is 2.97. The van der Waals surface area contributed by atoms with Gasteiger partial charge in [0.15, 0.2) is 11.5 Å². The monoisotopic (exact) mass is 293 g/mol. The average Bonchev–Trinajstić information content (AvgIpc) is 2.87. The minimum absolute atomic E-state index is 0.0330. The van der Waals surface area contributed by atoms with Gasteiger partial charge in [-0.25, -0.2) is 0 Å². The maximum atomic E-state index is 11.2. The number of rotatable bonds is 5. The predicted octanol–water partition coefficient (Wildman–Crippen LogP) is 2.56. The zero-order valence-corrected chi connectivity index (χ0v) is 13.0. The van der Waals surface area contributed by atoms with Gasteiger partial charge in [-0.05, 0) is 44.5 Å². The second-order valence-corrected chi connectivity index (χ2v) is 5.50. The molecule has 3 unspecified atom stereocenters. The van der Waals surface area contributed by atoms with Gasteiger partial charge in [-0.1, -0.05) is 6.07 Å². The van der Waals surface area contributed by atoms with E-state index in [9.17, 15) is 9.90 Å². The second-order valence-electron chi connectivity index (χ2n) is 5.50. The van der Waals surface area contributed by atoms with Crippen molar-refractivity contribution in [1.29, 1.82) is 0 Å². The lowest BCUT2D eigenvalue weighted by atomic mass is 10.0. The van der Waals surface area contributed by atoms with Crippen LogP contribution in [-0.4, -0.2) is 42.8 Å². The fraction of sp³-hybridized carbons (Fsp3) is 0.562. The molecule has 0 amide bonds. The zero-order valence-electron chi connectivity index (χ0n) is 13.0. The molecule has 1 aromatic carbocycles. The van der Waals surface area contributed by atoms with Gasteiger partial charge in [0, 0.05) is 12.1 Å². The molecule has 3 atom stereocenters. The largest absolute Gasteiger partial charge is 0.493 e. The molecular formula is C16H23NO4. The highest BCUT2D eigenvalue weighted by molar-refractivity contribution is 5.71. The van der Waals surface area contributed by atoms with Gasteiger partial charge in [-0.15, -0.1) is 0 Å². The summed E-state index contributed by atoms with van der Waals surface area (Å²) in [5.74, 6) is 0.409. The summed E-state index contributed by atoms with van der Waals surface area (Å²) in [6.07, 6.45) is 0.703. The number of carboxylic acids is 1. The molecule has 0 radical (unpaired) electrons. The molecule has 0 bridgehead atoms. The van der Waals surface area contributed by atoms with E-state index >= 15 is 0 Å². The minimum atomic E-state index is -0.704. The molecule has 1 heterocycles. The van der Waals surface area contributed by atoms with Crippen molar-refractivity contribution in [3.05, 3.63) is 23.8 Å². The normalized spacial score (nSPS) is 23.8. The molecule has 0 aromatic heterocycles. The summed E-state index contributed by atoms with van der Waals surface area (Å²) in [5.41, 5.74) is 1.10. The third-order valence-corrected chi connectivity index (χ3v) is 4.51. The minimum Gasteiger partial charge on any atom is -0.493 e. The van der Waals surface area contributed by atoms with Gasteiger partial charge >= 0.3 is 5.97 Å². The van der Waals surface area contributed by atoms with Crippen molar-refractivity contribution < 1.29 is 19.4 Å². The Morgan fingerprint density at radius 3 is 2.52 bits per heavy atom. The van der Waals surface area contributed by atoms with Crippen LogP contribution in [0.5, 0.6) is 11.5 Å². The van der Waals surface area contributed by atoms with Crippen LogP contribution in [0.25, 0.3) is 0 Å². The first-order chi connectivity index (χ1) is 9.99. The van der Waals surface area contributed by atoms with E-state index < -0.39 is 5.97 Å². The van der Waals surface area contributed by atoms with E-state index in [0.29, 0.717) is 17.9 Å². The van der Waals surface area contributed by atoms with Gasteiger partial charge in [0.05, 0.1) is 20.1 Å². The first-order valence-corrected chi connectivity index (χ1v) is 7.20. The second kappa shape index (κ2) is 6.35. The SMILES string of the molecule is COc1ccc(C(C)N2CCC(C(=O)O)C2C)cc1OC. The molecule has 1 saturated heterocycles. The number of carboxylic acid groups (broad SMARTS) is 1. The van der Waals surface area contributed by atoms with E-state index in [2.05, 4.69) is 11.8 Å². The van der Waals surface area contributed by atoms with Gasteiger partial charge < -0.3 is 14.6 Å². The number of hydrogen-bond donors (Lipinski definition) is 1. The Labute approximate surface area is 125 Å². The summed E-state index contributed by atoms with van der Waals surface area (Å²) >= 11 is 0. The van der Waals surface area contributed by atoms with Crippen LogP contribution in [0.1, 0.15) is 31.9 Å². The Morgan fingerprint density at radius 2 is 2.00 bits per heavy atom. The smallest absolute Gasteiger partial charge is 0.308 e. The number of aliphatic carboxylic acids is 1. The first-order valence-electron chi connectivity index (χ1n) is 7.20. The van der Waals surface area contributed by atoms with Gasteiger partial charge in [-0.2, -0.15) is 0 Å². The Kier molecular flexibility index (Phi) is 4.73. The van der Waals surface area contributed by atoms with Gasteiger partial charge in [0.1, 0.15) is 0 Å². The predicted molar refractivity (Wildman–Crippen MR) is 79.9 cm³/mol. The summed E-state index contributed by atoms with van der Waals surface area (Å²) in [5, 5.41) is 9.24. The molecule has 1 fully saturated rings. The topological polar surface area (TPSA) is 59.0 Å². The molecule has 1 N–H and O–H groups in total. The van der Waals surface area contributed by atoms with Crippen LogP contribution >= 0.6 is 0 Å². The van der Waals surface area contributed by atoms with Crippen LogP contribution < -0.4 is 9.47 Å². The van der Waals surface area contributed by atoms with Crippen LogP contribution in [0.4, 0.5) is 0 Å². The van der Waals surface area contributed by atoms with Crippen molar-refractivity contribution in [1.82, 2.24) is 4.90 Å². The molecule has 2 rings (SSSR count). The van der Waals surface area contributed by atoms with E-state index in [1.165, 1.54) is 0 Å². The summed E-state index contributed by atoms with van der Waals surface area (Å²) in [4.78, 5) is 13.5. The molecule has 1 aliphatic rings. The van der Waals surface area contributed by atoms with E-state index in [-0.39, 0.29) is 18.0 Å². The van der Waals surface area contributed by atoms with Crippen molar-refractivity contribution in [3.63, 3.8) is 0 Å². The van der Waals surface area contributed by atoms with Crippen molar-refractivity contribution in [3.8, 4) is 11.5 Å². The van der Waals surface area contributed by atoms with Crippen molar-refractivity contribution in [2.75, 3.05) is 20.8 Å². The van der Waals surface area contributed by atoms with Crippen molar-refractivity contribution >= 4 is 5.97 Å². The van der Waals surface area contributed by atoms with E-state index in [4.69, 9.17) is 9.47 Å². The fourth-order valence-corrected chi connectivity index (χ4v) is 3.14. The number of ether oxygens (including phenoxy) is 2. The summed E-state index contributed by atoms with van der Waals surface area (Å²) in [7, 11) is 3.23. The molecule has 0 spiro atoms. The maximum Gasteiger partial charge on any atom is 0.308 e. The number of carbonyl (C=O) groups is 1. The molecule has 5 heteroatoms. The van der Waals surface area contributed by atoms with Gasteiger partial charge in [0.2, 0.25) is 0 Å². The van der Waals surface area contributed by atoms with E-state index in [1.54, 1.807) is 14.2 Å². The highest BCUT2D eigenvalue weighted by Crippen LogP contribution is 2.36. The van der Waals surface area contributed by atoms with E-state index in [1.807, 2.05) is 25.1 Å². The van der Waals surface area contributed by atoms with Crippen molar-refractivity contribution in [2.24, 2.45) is 5.92 Å². The lowest BCUT2D eigenvalue weighted by molar-refractivity contribution is -0.142. The number of methoxy groups -OCH3 is 2. The molecule has 0 aliphatic carbocycles. The van der Waals surface area contributed by atoms with Gasteiger partial charge in [-0.3, -0.25) is 9.69 Å². The number of benzene rings is 1. The number of nitrogens with zero attached hydrogens (tertiary/aromatic N) is 1. The lowest BCUT2D eigenvalue weighted by Crippen LogP contribution is -2.34. The fourth-order valence-electron chi connectivity index (χ4n) is 3.14. The molecule has 5 nitrogen and oxygen atoms in total. The molecule has 0 saturated carbocycles. The summed E-state index contributed by atoms with van der Waals surface area (Å²) in [6, 6.07) is 6.03. The number of likely N-dealkylation sites (tertiary alicyclic amines) is 1. The molecule has 116 valence electrons. The maximum absolute atomic E-state index is 11.2. The third-order valence-electron chi connectivity index (χ3n) is 4.51. The van der Waals surface area contributed by atoms with Crippen LogP contribution in [0, 0.1) is 5.92 Å². The van der Waals surface area contributed by atoms with E-state index in [0.717, 1.165) is 12.1 Å². The Morgan fingerprint density at radius 1 is 1.33 bits per heavy atom. The zero-order chi connectivity index (χ0) is 15.6. The Hall–Kier alpha value is -1.75. The van der Waals surface area contributed by atoms with Gasteiger partial charge in [0.25, 0.3) is 0 Å². The average molecular weight is 293 g/mol. The molecular weight excluding hydrogens is 270 g/mol. The quantitative estimate of drug-likeness (QED) is 0.904. The van der Waals surface area contributed by atoms with Crippen molar-refractivity contribution in [2.45, 2.75) is 32.4 Å². The highest BCUT2D eigenvalue weighted by Gasteiger charge is 2.38. The van der Waals surface area contributed by atoms with Crippen LogP contribution in [0.2, 0.25) is 0 Å². The standard InChI is InChI=1S/C16H23NO4/c1-10(17-8-7-13(11(17)2)16(18)19)12-5-6-14(20-3)15(9-12)21-4/h5-6,9-11,13H,7-8H2,1-4H3,(H,18,19). The van der Waals surface area contributed by atoms with Crippen LogP contribution in [0.15, 0.2) is 18.2 Å². The molecule has 21 heavy (non-hydrogen) atoms. The molecule has 1 aromatic rings. The van der Waals surface area contributed by atoms with Crippen LogP contribution in [-0.2, 0) is 4.79 Å². The first kappa shape index (κ1) is 15.6. The Bertz CT molecular complexity index is 517. The summed E-state index contributed by atoms with van der Waals surface area (Å²) < 4.78 is 10.6. The number of hydrogen-bond acceptors (Lipinski definition) is 4. The highest BCUT2D eigenvalue weighted by atomic mass is 16.5. The molecule has 1 aliphatic heterocycles.